The fraction of sp³-hybridized carbons (Fsp3) is 0.478. The van der Waals surface area contributed by atoms with Gasteiger partial charge in [-0.2, -0.15) is 0 Å². The van der Waals surface area contributed by atoms with Crippen LogP contribution < -0.4 is 29.5 Å². The van der Waals surface area contributed by atoms with Crippen LogP contribution in [0.15, 0.2) is 84.9 Å². The molecule has 4 N–H and O–H groups in total. The summed E-state index contributed by atoms with van der Waals surface area (Å²) in [5, 5.41) is 20.9. The van der Waals surface area contributed by atoms with Gasteiger partial charge in [0.05, 0.1) is 40.7 Å². The van der Waals surface area contributed by atoms with Gasteiger partial charge in [0.15, 0.2) is 0 Å². The van der Waals surface area contributed by atoms with Crippen molar-refractivity contribution in [2.45, 2.75) is 154 Å². The Morgan fingerprint density at radius 3 is 1.34 bits per heavy atom. The van der Waals surface area contributed by atoms with Crippen molar-refractivity contribution in [3.63, 3.8) is 0 Å². The van der Waals surface area contributed by atoms with Gasteiger partial charge >= 0.3 is 30.8 Å². The Balaban J connectivity index is 0.000000173. The first-order valence-electron chi connectivity index (χ1n) is 31.6. The van der Waals surface area contributed by atoms with Crippen molar-refractivity contribution in [3.05, 3.63) is 119 Å². The van der Waals surface area contributed by atoms with Crippen molar-refractivity contribution in [1.82, 2.24) is 38.7 Å². The minimum atomic E-state index is -0.889. The number of carbonyl (C=O) groups excluding carboxylic acids is 3. The molecule has 14 rings (SSSR count). The predicted molar refractivity (Wildman–Crippen MR) is 332 cm³/mol. The molecule has 4 fully saturated rings. The first-order valence-corrected chi connectivity index (χ1v) is 31.6. The molecule has 442 valence electrons. The number of carboxylic acids is 1. The Morgan fingerprint density at radius 2 is 0.906 bits per heavy atom. The normalized spacial score (nSPS) is 17.7. The molecule has 0 atom stereocenters. The molecule has 8 heterocycles. The third kappa shape index (κ3) is 11.8. The van der Waals surface area contributed by atoms with Crippen LogP contribution in [0.25, 0.3) is 66.1 Å². The number of fused-ring (bicyclic) bond motifs is 8. The minimum absolute atomic E-state index is 0. The summed E-state index contributed by atoms with van der Waals surface area (Å²) >= 11 is 0. The zero-order valence-electron chi connectivity index (χ0n) is 50.1. The number of likely N-dealkylation sites (tertiary alicyclic amines) is 2. The van der Waals surface area contributed by atoms with Crippen molar-refractivity contribution in [3.8, 4) is 22.5 Å². The second-order valence-electron chi connectivity index (χ2n) is 24.6. The van der Waals surface area contributed by atoms with Gasteiger partial charge in [-0.15, -0.1) is 0 Å². The van der Waals surface area contributed by atoms with E-state index in [0.29, 0.717) is 36.1 Å². The third-order valence-electron chi connectivity index (χ3n) is 19.6. The number of carboxylic acid groups (broad SMARTS) is 1. The molecule has 15 nitrogen and oxygen atoms in total. The smallest absolute Gasteiger partial charge is 0.870 e. The number of rotatable bonds is 12. The quantitative estimate of drug-likeness (QED) is 0.0793. The third-order valence-corrected chi connectivity index (χ3v) is 19.6. The molecule has 0 spiro atoms. The summed E-state index contributed by atoms with van der Waals surface area (Å²) in [5.41, 5.74) is 14.4. The average Bonchev–Trinajstić information content (AvgIpc) is 1.67. The van der Waals surface area contributed by atoms with E-state index in [1.807, 2.05) is 24.3 Å². The van der Waals surface area contributed by atoms with Crippen LogP contribution in [0.4, 0.5) is 0 Å². The van der Waals surface area contributed by atoms with E-state index in [2.05, 4.69) is 93.3 Å². The van der Waals surface area contributed by atoms with Crippen molar-refractivity contribution in [2.24, 2.45) is 0 Å². The molecule has 4 aromatic heterocycles. The molecule has 4 aromatic carbocycles. The summed E-state index contributed by atoms with van der Waals surface area (Å²) in [4.78, 5) is 56.6. The number of para-hydroxylation sites is 2. The summed E-state index contributed by atoms with van der Waals surface area (Å²) in [6.07, 6.45) is 21.6. The van der Waals surface area contributed by atoms with Gasteiger partial charge in [0.1, 0.15) is 11.4 Å². The Bertz CT molecular complexity index is 3750. The fourth-order valence-electron chi connectivity index (χ4n) is 15.6. The van der Waals surface area contributed by atoms with Crippen LogP contribution in [0, 0.1) is 0 Å². The van der Waals surface area contributed by atoms with Gasteiger partial charge in [-0.05, 0) is 150 Å². The number of benzene rings is 4. The number of nitrogens with one attached hydrogen (secondary N) is 2. The number of carbonyl (C=O) groups is 4. The van der Waals surface area contributed by atoms with E-state index in [0.717, 1.165) is 141 Å². The maximum absolute atomic E-state index is 13.6. The number of hydrogen-bond acceptors (Lipinski definition) is 8. The Morgan fingerprint density at radius 1 is 0.494 bits per heavy atom. The molecule has 6 aliphatic rings. The van der Waals surface area contributed by atoms with Gasteiger partial charge in [0, 0.05) is 96.1 Å². The molecule has 0 bridgehead atoms. The van der Waals surface area contributed by atoms with Crippen LogP contribution in [0.5, 0.6) is 0 Å². The summed E-state index contributed by atoms with van der Waals surface area (Å²) in [7, 11) is 1.44. The topological polar surface area (TPSA) is 178 Å². The number of aryl methyl sites for hydroxylation is 4. The maximum atomic E-state index is 13.6. The van der Waals surface area contributed by atoms with Crippen LogP contribution >= 0.6 is 0 Å². The van der Waals surface area contributed by atoms with E-state index in [1.54, 1.807) is 6.07 Å². The Kier molecular flexibility index (Phi) is 18.8. The van der Waals surface area contributed by atoms with Gasteiger partial charge < -0.3 is 54.0 Å². The molecule has 4 aliphatic heterocycles. The van der Waals surface area contributed by atoms with Gasteiger partial charge in [0.25, 0.3) is 11.8 Å². The number of piperidine rings is 2. The van der Waals surface area contributed by atoms with E-state index in [9.17, 15) is 24.3 Å². The summed E-state index contributed by atoms with van der Waals surface area (Å²) in [5.74, 6) is -0.232. The molecule has 0 unspecified atom stereocenters. The summed E-state index contributed by atoms with van der Waals surface area (Å²) in [6.45, 7) is 10.8. The molecule has 2 saturated heterocycles. The van der Waals surface area contributed by atoms with Gasteiger partial charge in [-0.25, -0.2) is 9.59 Å². The SMILES string of the molecule is COC(=O)c1ccc2c(C3CCCCC3)c3n(c2c1)CCCn1c(C(=O)NCCN2CCCCC2)cc2cccc-3c21.O=C(O)c1ccc2c(C3CCCCC3)c3n(c2c1)CCCn1c(C(=O)NCCN2CCCCC2)cc2cccc-3c21.[Li+].[OH-]. The second kappa shape index (κ2) is 26.6. The van der Waals surface area contributed by atoms with E-state index in [1.165, 1.54) is 136 Å². The standard InChI is InChI=1S/C35H42N4O3.C34H40N4O3.Li.H2O/c1-42-35(41)26-14-15-27-29(23-26)38-19-9-20-39-30(34(40)36-16-21-37-17-6-3-7-18-37)22-25-12-8-13-28(32(25)39)33(38)31(27)24-10-4-2-5-11-24;39-33(35-15-20-36-16-5-2-6-17-36)29-21-24-11-7-12-27-31(24)38(29)19-8-18-37-28-22-25(34(40)41)13-14-26(28)30(32(27)37)23-9-3-1-4-10-23;;/h8,12-15,22-24H,2-7,9-11,16-21H2,1H3,(H,36,40);7,11-14,21-23H,1-6,8-10,15-20H2,(H,35,39)(H,40,41);;1H2/q;;+1;/p-1. The number of hydrogen-bond donors (Lipinski definition) is 3. The number of nitrogens with zero attached hydrogens (tertiary/aromatic N) is 6. The molecule has 2 saturated carbocycles. The molecular weight excluding hydrogens is 1060 g/mol. The first-order chi connectivity index (χ1) is 40.7. The number of amides is 2. The van der Waals surface area contributed by atoms with Crippen LogP contribution in [0.2, 0.25) is 0 Å². The number of aromatic nitrogens is 4. The largest absolute Gasteiger partial charge is 1.00 e. The van der Waals surface area contributed by atoms with Crippen LogP contribution in [-0.2, 0) is 30.9 Å². The Labute approximate surface area is 510 Å². The second-order valence-corrected chi connectivity index (χ2v) is 24.6. The number of ether oxygens (including phenoxy) is 1. The maximum Gasteiger partial charge on any atom is 1.00 e. The van der Waals surface area contributed by atoms with Crippen molar-refractivity contribution in [1.29, 1.82) is 0 Å². The zero-order chi connectivity index (χ0) is 56.6. The monoisotopic (exact) mass is 1140 g/mol. The van der Waals surface area contributed by atoms with E-state index in [-0.39, 0.29) is 42.1 Å². The molecule has 85 heavy (non-hydrogen) atoms. The average molecular weight is 1140 g/mol. The first kappa shape index (κ1) is 60.1. The summed E-state index contributed by atoms with van der Waals surface area (Å²) in [6, 6.07) is 28.9. The van der Waals surface area contributed by atoms with Crippen molar-refractivity contribution in [2.75, 3.05) is 59.5 Å². The van der Waals surface area contributed by atoms with Gasteiger partial charge in [-0.3, -0.25) is 9.59 Å². The van der Waals surface area contributed by atoms with Crippen LogP contribution in [-0.4, -0.2) is 122 Å². The molecule has 16 heteroatoms. The van der Waals surface area contributed by atoms with E-state index >= 15 is 0 Å². The molecule has 2 amide bonds. The van der Waals surface area contributed by atoms with E-state index < -0.39 is 5.97 Å². The Hall–Kier alpha value is -6.60. The van der Waals surface area contributed by atoms with Crippen molar-refractivity contribution >= 4 is 67.4 Å². The fourth-order valence-corrected chi connectivity index (χ4v) is 15.6. The number of aromatic carboxylic acids is 1. The molecule has 8 aromatic rings. The minimum Gasteiger partial charge on any atom is -0.870 e. The van der Waals surface area contributed by atoms with E-state index in [4.69, 9.17) is 4.74 Å². The predicted octanol–water partition coefficient (Wildman–Crippen LogP) is 10.2. The number of methoxy groups -OCH3 is 1. The summed E-state index contributed by atoms with van der Waals surface area (Å²) < 4.78 is 14.4. The van der Waals surface area contributed by atoms with Crippen LogP contribution in [0.3, 0.4) is 0 Å². The van der Waals surface area contributed by atoms with Gasteiger partial charge in [0.2, 0.25) is 0 Å². The number of esters is 1. The van der Waals surface area contributed by atoms with Crippen LogP contribution in [0.1, 0.15) is 180 Å². The molecule has 2 aliphatic carbocycles. The molecule has 0 radical (unpaired) electrons. The molecular formula is C69H83LiN8O7. The van der Waals surface area contributed by atoms with Crippen molar-refractivity contribution < 1.29 is 53.4 Å². The zero-order valence-corrected chi connectivity index (χ0v) is 50.1. The van der Waals surface area contributed by atoms with Gasteiger partial charge in [-0.1, -0.05) is 99.9 Å².